The van der Waals surface area contributed by atoms with Crippen molar-refractivity contribution < 1.29 is 10.2 Å². The summed E-state index contributed by atoms with van der Waals surface area (Å²) in [5, 5.41) is 24.6. The van der Waals surface area contributed by atoms with Gasteiger partial charge in [-0.15, -0.1) is 0 Å². The minimum absolute atomic E-state index is 0.317. The van der Waals surface area contributed by atoms with Crippen molar-refractivity contribution in [3.8, 4) is 17.0 Å². The first-order valence-electron chi connectivity index (χ1n) is 14.0. The van der Waals surface area contributed by atoms with Gasteiger partial charge in [0.2, 0.25) is 0 Å². The number of nitrogens with zero attached hydrogens (tertiary/aromatic N) is 2. The Balaban J connectivity index is 1.11. The fourth-order valence-corrected chi connectivity index (χ4v) is 7.17. The van der Waals surface area contributed by atoms with Gasteiger partial charge >= 0.3 is 0 Å². The first-order valence-corrected chi connectivity index (χ1v) is 14.0. The van der Waals surface area contributed by atoms with E-state index in [1.807, 2.05) is 18.2 Å². The molecule has 192 valence electrons. The van der Waals surface area contributed by atoms with Gasteiger partial charge in [-0.3, -0.25) is 0 Å². The van der Waals surface area contributed by atoms with Crippen LogP contribution in [0.1, 0.15) is 62.6 Å². The van der Waals surface area contributed by atoms with Gasteiger partial charge in [-0.2, -0.15) is 0 Å². The minimum atomic E-state index is -0.404. The number of aliphatic hydroxyl groups is 1. The van der Waals surface area contributed by atoms with Gasteiger partial charge in [0.05, 0.1) is 6.10 Å². The van der Waals surface area contributed by atoms with Crippen molar-refractivity contribution in [3.63, 3.8) is 0 Å². The topological polar surface area (TPSA) is 48.6 Å². The molecule has 37 heavy (non-hydrogen) atoms. The van der Waals surface area contributed by atoms with Crippen LogP contribution in [0.25, 0.3) is 21.9 Å². The Bertz CT molecular complexity index is 1340. The molecule has 4 aromatic rings. The van der Waals surface area contributed by atoms with Gasteiger partial charge in [0, 0.05) is 41.5 Å². The van der Waals surface area contributed by atoms with Crippen LogP contribution in [0.2, 0.25) is 0 Å². The van der Waals surface area contributed by atoms with Crippen molar-refractivity contribution in [2.24, 2.45) is 0 Å². The molecule has 0 radical (unpaired) electrons. The van der Waals surface area contributed by atoms with Gasteiger partial charge < -0.3 is 19.7 Å². The summed E-state index contributed by atoms with van der Waals surface area (Å²) in [6.07, 6.45) is 7.56. The third-order valence-corrected chi connectivity index (χ3v) is 8.95. The summed E-state index contributed by atoms with van der Waals surface area (Å²) in [6, 6.07) is 25.8. The number of benzene rings is 3. The van der Waals surface area contributed by atoms with Crippen LogP contribution in [0, 0.1) is 0 Å². The predicted molar refractivity (Wildman–Crippen MR) is 151 cm³/mol. The lowest BCUT2D eigenvalue weighted by Crippen LogP contribution is -2.40. The monoisotopic (exact) mass is 494 g/mol. The van der Waals surface area contributed by atoms with Crippen LogP contribution in [-0.4, -0.2) is 45.4 Å². The molecule has 3 aromatic carbocycles. The van der Waals surface area contributed by atoms with Crippen LogP contribution in [0.3, 0.4) is 0 Å². The van der Waals surface area contributed by atoms with Gasteiger partial charge in [0.15, 0.2) is 5.88 Å². The third kappa shape index (κ3) is 4.07. The Labute approximate surface area is 220 Å². The van der Waals surface area contributed by atoms with Crippen LogP contribution >= 0.6 is 0 Å². The van der Waals surface area contributed by atoms with Crippen LogP contribution in [0.15, 0.2) is 79.0 Å². The fourth-order valence-electron chi connectivity index (χ4n) is 7.17. The van der Waals surface area contributed by atoms with E-state index in [1.165, 1.54) is 22.3 Å². The van der Waals surface area contributed by atoms with E-state index >= 15 is 0 Å². The normalized spacial score (nSPS) is 18.1. The third-order valence-electron chi connectivity index (χ3n) is 8.95. The lowest BCUT2D eigenvalue weighted by molar-refractivity contribution is 0.0812. The Morgan fingerprint density at radius 1 is 0.892 bits per heavy atom. The Hall–Kier alpha value is -3.08. The molecule has 0 spiro atoms. The molecular weight excluding hydrogens is 456 g/mol. The van der Waals surface area contributed by atoms with Crippen molar-refractivity contribution in [1.29, 1.82) is 0 Å². The van der Waals surface area contributed by atoms with E-state index in [0.717, 1.165) is 68.9 Å². The fraction of sp³-hybridized carbons (Fsp3) is 0.394. The number of rotatable bonds is 8. The number of hydrogen-bond donors (Lipinski definition) is 2. The van der Waals surface area contributed by atoms with Gasteiger partial charge in [-0.05, 0) is 67.0 Å². The zero-order chi connectivity index (χ0) is 25.4. The highest BCUT2D eigenvalue weighted by atomic mass is 16.3. The summed E-state index contributed by atoms with van der Waals surface area (Å²) >= 11 is 0. The number of piperidine rings is 1. The Morgan fingerprint density at radius 2 is 1.51 bits per heavy atom. The maximum Gasteiger partial charge on any atom is 0.199 e. The molecule has 2 N–H and O–H groups in total. The SMILES string of the molecule is CCCC1(C(O)CCCN2CCC(n3cc4ccccc4c3O)CC2)c2ccccc2-c2ccccc21. The summed E-state index contributed by atoms with van der Waals surface area (Å²) in [6.45, 7) is 5.30. The second-order valence-electron chi connectivity index (χ2n) is 11.0. The number of hydrogen-bond acceptors (Lipinski definition) is 3. The lowest BCUT2D eigenvalue weighted by atomic mass is 9.69. The molecule has 4 nitrogen and oxygen atoms in total. The predicted octanol–water partition coefficient (Wildman–Crippen LogP) is 6.89. The van der Waals surface area contributed by atoms with E-state index in [9.17, 15) is 10.2 Å². The van der Waals surface area contributed by atoms with Gasteiger partial charge in [0.25, 0.3) is 0 Å². The number of aromatic nitrogens is 1. The smallest absolute Gasteiger partial charge is 0.199 e. The molecule has 2 aliphatic rings. The summed E-state index contributed by atoms with van der Waals surface area (Å²) in [7, 11) is 0. The van der Waals surface area contributed by atoms with Crippen LogP contribution in [0.4, 0.5) is 0 Å². The van der Waals surface area contributed by atoms with Crippen molar-refractivity contribution in [2.45, 2.75) is 63.0 Å². The van der Waals surface area contributed by atoms with E-state index in [4.69, 9.17) is 0 Å². The molecule has 1 aliphatic heterocycles. The van der Waals surface area contributed by atoms with Gasteiger partial charge in [-0.1, -0.05) is 80.1 Å². The Kier molecular flexibility index (Phi) is 6.56. The zero-order valence-corrected chi connectivity index (χ0v) is 21.8. The molecule has 0 saturated carbocycles. The molecule has 1 unspecified atom stereocenters. The van der Waals surface area contributed by atoms with E-state index in [0.29, 0.717) is 11.9 Å². The van der Waals surface area contributed by atoms with Crippen LogP contribution in [0.5, 0.6) is 5.88 Å². The van der Waals surface area contributed by atoms with Crippen LogP contribution < -0.4 is 0 Å². The first kappa shape index (κ1) is 24.3. The standard InChI is InChI=1S/C33H38N2O2/c1-2-19-33(29-14-7-5-12-27(29)28-13-6-8-15-30(28)33)31(36)16-9-20-34-21-17-25(18-22-34)35-23-24-10-3-4-11-26(24)32(35)37/h3-8,10-15,23,25,31,36-37H,2,9,16-22H2,1H3. The molecule has 0 bridgehead atoms. The second kappa shape index (κ2) is 10.00. The summed E-state index contributed by atoms with van der Waals surface area (Å²) < 4.78 is 2.08. The van der Waals surface area contributed by atoms with Crippen molar-refractivity contribution in [3.05, 3.63) is 90.1 Å². The van der Waals surface area contributed by atoms with Crippen LogP contribution in [-0.2, 0) is 5.41 Å². The second-order valence-corrected chi connectivity index (χ2v) is 11.0. The lowest BCUT2D eigenvalue weighted by Gasteiger charge is -2.38. The molecule has 1 aromatic heterocycles. The van der Waals surface area contributed by atoms with Crippen molar-refractivity contribution >= 4 is 10.8 Å². The van der Waals surface area contributed by atoms with Gasteiger partial charge in [0.1, 0.15) is 0 Å². The zero-order valence-electron chi connectivity index (χ0n) is 21.8. The molecule has 1 aliphatic carbocycles. The minimum Gasteiger partial charge on any atom is -0.494 e. The van der Waals surface area contributed by atoms with Crippen molar-refractivity contribution in [2.75, 3.05) is 19.6 Å². The average Bonchev–Trinajstić information content (AvgIpc) is 3.43. The number of aliphatic hydroxyl groups excluding tert-OH is 1. The molecule has 1 saturated heterocycles. The maximum atomic E-state index is 11.8. The average molecular weight is 495 g/mol. The maximum absolute atomic E-state index is 11.8. The molecular formula is C33H38N2O2. The number of aromatic hydroxyl groups is 1. The van der Waals surface area contributed by atoms with E-state index in [1.54, 1.807) is 0 Å². The van der Waals surface area contributed by atoms with E-state index in [-0.39, 0.29) is 5.41 Å². The van der Waals surface area contributed by atoms with E-state index < -0.39 is 6.10 Å². The highest BCUT2D eigenvalue weighted by Crippen LogP contribution is 2.53. The van der Waals surface area contributed by atoms with Crippen molar-refractivity contribution in [1.82, 2.24) is 9.47 Å². The van der Waals surface area contributed by atoms with Gasteiger partial charge in [-0.25, -0.2) is 0 Å². The largest absolute Gasteiger partial charge is 0.494 e. The number of fused-ring (bicyclic) bond motifs is 4. The first-order chi connectivity index (χ1) is 18.1. The highest BCUT2D eigenvalue weighted by molar-refractivity contribution is 5.87. The molecule has 4 heteroatoms. The summed E-state index contributed by atoms with van der Waals surface area (Å²) in [4.78, 5) is 2.53. The molecule has 0 amide bonds. The molecule has 2 heterocycles. The number of likely N-dealkylation sites (tertiary alicyclic amines) is 1. The quantitative estimate of drug-likeness (QED) is 0.280. The molecule has 1 atom stereocenters. The summed E-state index contributed by atoms with van der Waals surface area (Å²) in [5.74, 6) is 0.399. The van der Waals surface area contributed by atoms with E-state index in [2.05, 4.69) is 77.2 Å². The summed E-state index contributed by atoms with van der Waals surface area (Å²) in [5.41, 5.74) is 4.85. The molecule has 6 rings (SSSR count). The molecule has 1 fully saturated rings. The highest BCUT2D eigenvalue weighted by Gasteiger charge is 2.47. The Morgan fingerprint density at radius 3 is 2.16 bits per heavy atom.